The van der Waals surface area contributed by atoms with Crippen LogP contribution in [-0.2, 0) is 33.5 Å². The SMILES string of the molecule is COc1nn(C)cc1C(=O)NS1(=O)=NC(=O)c2ccc3c(c2)N(C[C@@H]2CC[C@H]2[C@@H](OC)/C=C/C(O)[C@H](C)[C@H]1C)C[C@@]1(CCCc2cc(Cl)ccc21)CO3. The third-order valence-electron chi connectivity index (χ3n) is 11.9. The summed E-state index contributed by atoms with van der Waals surface area (Å²) in [5.74, 6) is -1.05. The van der Waals surface area contributed by atoms with Gasteiger partial charge in [-0.2, -0.15) is 0 Å². The molecule has 4 aliphatic rings. The molecule has 12 nitrogen and oxygen atoms in total. The number of aliphatic hydroxyl groups is 1. The van der Waals surface area contributed by atoms with E-state index < -0.39 is 39.0 Å². The van der Waals surface area contributed by atoms with E-state index in [4.69, 9.17) is 25.8 Å². The van der Waals surface area contributed by atoms with Crippen molar-refractivity contribution in [3.05, 3.63) is 82.0 Å². The molecule has 7 rings (SSSR count). The Balaban J connectivity index is 1.34. The molecule has 1 fully saturated rings. The van der Waals surface area contributed by atoms with E-state index in [1.54, 1.807) is 52.3 Å². The Morgan fingerprint density at radius 1 is 1.15 bits per heavy atom. The fraction of sp³-hybridized carbons (Fsp3) is 0.513. The first-order valence-electron chi connectivity index (χ1n) is 18.2. The number of nitrogens with zero attached hydrogens (tertiary/aromatic N) is 4. The van der Waals surface area contributed by atoms with E-state index in [2.05, 4.69) is 31.2 Å². The molecular weight excluding hydrogens is 718 g/mol. The van der Waals surface area contributed by atoms with Gasteiger partial charge in [-0.25, -0.2) is 4.21 Å². The normalized spacial score (nSPS) is 31.9. The van der Waals surface area contributed by atoms with Crippen molar-refractivity contribution in [2.24, 2.45) is 29.2 Å². The summed E-state index contributed by atoms with van der Waals surface area (Å²) in [5, 5.41) is 15.3. The maximum atomic E-state index is 14.9. The topological polar surface area (TPSA) is 145 Å². The molecule has 2 bridgehead atoms. The van der Waals surface area contributed by atoms with Crippen molar-refractivity contribution in [1.82, 2.24) is 14.5 Å². The highest BCUT2D eigenvalue weighted by atomic mass is 35.5. The molecule has 2 aromatic carbocycles. The molecule has 3 aromatic rings. The fourth-order valence-electron chi connectivity index (χ4n) is 8.48. The van der Waals surface area contributed by atoms with Gasteiger partial charge in [0.1, 0.15) is 21.2 Å². The number of amides is 2. The second-order valence-corrected chi connectivity index (χ2v) is 17.8. The summed E-state index contributed by atoms with van der Waals surface area (Å²) in [4.78, 5) is 30.2. The minimum atomic E-state index is -3.87. The molecule has 2 unspecified atom stereocenters. The van der Waals surface area contributed by atoms with Crippen molar-refractivity contribution in [2.75, 3.05) is 38.8 Å². The molecule has 2 aliphatic heterocycles. The third kappa shape index (κ3) is 7.08. The van der Waals surface area contributed by atoms with Crippen LogP contribution >= 0.6 is 11.6 Å². The first-order valence-corrected chi connectivity index (χ1v) is 20.2. The highest BCUT2D eigenvalue weighted by Crippen LogP contribution is 2.47. The number of hydrogen-bond acceptors (Lipinski definition) is 9. The molecule has 284 valence electrons. The van der Waals surface area contributed by atoms with Crippen LogP contribution in [0.5, 0.6) is 11.6 Å². The number of aliphatic hydroxyl groups excluding tert-OH is 1. The minimum absolute atomic E-state index is 0.0309. The van der Waals surface area contributed by atoms with Gasteiger partial charge in [-0.15, -0.1) is 9.46 Å². The van der Waals surface area contributed by atoms with Gasteiger partial charge in [-0.3, -0.25) is 19.0 Å². The number of methoxy groups -OCH3 is 2. The van der Waals surface area contributed by atoms with Gasteiger partial charge in [0.05, 0.1) is 36.9 Å². The number of rotatable bonds is 4. The van der Waals surface area contributed by atoms with E-state index >= 15 is 0 Å². The van der Waals surface area contributed by atoms with Crippen LogP contribution < -0.4 is 19.1 Å². The fourth-order valence-corrected chi connectivity index (χ4v) is 10.5. The average Bonchev–Trinajstić information content (AvgIpc) is 3.45. The Kier molecular flexibility index (Phi) is 10.4. The molecular formula is C39H48ClN5O7S. The Morgan fingerprint density at radius 2 is 1.96 bits per heavy atom. The van der Waals surface area contributed by atoms with Gasteiger partial charge < -0.3 is 24.2 Å². The maximum absolute atomic E-state index is 14.9. The summed E-state index contributed by atoms with van der Waals surface area (Å²) in [5.41, 5.74) is 3.16. The summed E-state index contributed by atoms with van der Waals surface area (Å²) in [6, 6.07) is 11.3. The molecule has 1 spiro atoms. The lowest BCUT2D eigenvalue weighted by molar-refractivity contribution is 0.0124. The lowest BCUT2D eigenvalue weighted by Gasteiger charge is -2.46. The zero-order chi connectivity index (χ0) is 37.7. The van der Waals surface area contributed by atoms with Gasteiger partial charge >= 0.3 is 0 Å². The molecule has 0 saturated heterocycles. The largest absolute Gasteiger partial charge is 0.490 e. The van der Waals surface area contributed by atoms with Crippen molar-refractivity contribution in [1.29, 1.82) is 0 Å². The third-order valence-corrected chi connectivity index (χ3v) is 14.5. The number of hydrogen-bond donors (Lipinski definition) is 2. The molecule has 2 amide bonds. The van der Waals surface area contributed by atoms with Crippen LogP contribution in [0.4, 0.5) is 5.69 Å². The van der Waals surface area contributed by atoms with Crippen LogP contribution in [-0.4, -0.2) is 82.3 Å². The Labute approximate surface area is 316 Å². The average molecular weight is 766 g/mol. The molecule has 1 aromatic heterocycles. The molecule has 53 heavy (non-hydrogen) atoms. The maximum Gasteiger partial charge on any atom is 0.286 e. The molecule has 2 aliphatic carbocycles. The quantitative estimate of drug-likeness (QED) is 0.329. The standard InChI is InChI=1S/C39H48ClN5O7S/c1-23-24(2)53(49,43-37(48)30-20-44(3)41-38(30)51-5)42-36(47)26-9-14-35-32(18-26)45(19-27-8-11-29(27)34(50-4)15-13-33(23)46)21-39(22-52-35)16-6-7-25-17-28(40)10-12-31(25)39/h9-10,12-15,17-18,20,23-24,27,29,33-34,46H,6-8,11,16,19,21-22H2,1-5H3,(H,42,43,47,48,49)/b15-13+/t23-,24-,27+,29-,33?,34+,39+,53?/m1/s1. The van der Waals surface area contributed by atoms with Gasteiger partial charge in [0.25, 0.3) is 11.8 Å². The summed E-state index contributed by atoms with van der Waals surface area (Å²) in [6.07, 6.45) is 8.52. The number of fused-ring (bicyclic) bond motifs is 4. The first-order chi connectivity index (χ1) is 25.3. The second kappa shape index (κ2) is 14.7. The van der Waals surface area contributed by atoms with Crippen molar-refractivity contribution in [2.45, 2.75) is 68.8 Å². The Bertz CT molecular complexity index is 2060. The number of aryl methyl sites for hydroxylation is 2. The van der Waals surface area contributed by atoms with Crippen LogP contribution in [0.25, 0.3) is 0 Å². The summed E-state index contributed by atoms with van der Waals surface area (Å²) in [7, 11) is 0.819. The second-order valence-electron chi connectivity index (χ2n) is 15.1. The number of carbonyl (C=O) groups is 2. The highest BCUT2D eigenvalue weighted by Gasteiger charge is 2.45. The van der Waals surface area contributed by atoms with Crippen molar-refractivity contribution in [3.63, 3.8) is 0 Å². The van der Waals surface area contributed by atoms with E-state index in [1.807, 2.05) is 12.1 Å². The number of halogens is 1. The minimum Gasteiger partial charge on any atom is -0.490 e. The zero-order valence-electron chi connectivity index (χ0n) is 30.8. The monoisotopic (exact) mass is 765 g/mol. The number of carbonyl (C=O) groups excluding carboxylic acids is 2. The zero-order valence-corrected chi connectivity index (χ0v) is 32.4. The summed E-state index contributed by atoms with van der Waals surface area (Å²) >= 11 is 6.46. The Morgan fingerprint density at radius 3 is 2.70 bits per heavy atom. The molecule has 8 atom stereocenters. The van der Waals surface area contributed by atoms with Crippen LogP contribution in [0.3, 0.4) is 0 Å². The van der Waals surface area contributed by atoms with Gasteiger partial charge in [0.2, 0.25) is 5.88 Å². The first kappa shape index (κ1) is 37.4. The highest BCUT2D eigenvalue weighted by molar-refractivity contribution is 7.93. The van der Waals surface area contributed by atoms with E-state index in [0.717, 1.165) is 37.8 Å². The Hall–Kier alpha value is -3.91. The smallest absolute Gasteiger partial charge is 0.286 e. The van der Waals surface area contributed by atoms with Gasteiger partial charge in [0.15, 0.2) is 0 Å². The molecule has 2 N–H and O–H groups in total. The van der Waals surface area contributed by atoms with E-state index in [9.17, 15) is 18.9 Å². The van der Waals surface area contributed by atoms with Crippen LogP contribution in [0, 0.1) is 17.8 Å². The number of anilines is 1. The van der Waals surface area contributed by atoms with Crippen LogP contribution in [0.15, 0.2) is 59.1 Å². The van der Waals surface area contributed by atoms with E-state index in [1.165, 1.54) is 29.1 Å². The number of benzene rings is 2. The van der Waals surface area contributed by atoms with E-state index in [-0.39, 0.29) is 40.4 Å². The number of ether oxygens (including phenoxy) is 3. The number of nitrogens with one attached hydrogen (secondary N) is 1. The van der Waals surface area contributed by atoms with Crippen LogP contribution in [0.1, 0.15) is 71.4 Å². The van der Waals surface area contributed by atoms with Gasteiger partial charge in [-0.05, 0) is 92.3 Å². The predicted octanol–water partition coefficient (Wildman–Crippen LogP) is 5.50. The van der Waals surface area contributed by atoms with Crippen molar-refractivity contribution >= 4 is 39.0 Å². The lowest BCUT2D eigenvalue weighted by Crippen LogP contribution is -2.49. The summed E-state index contributed by atoms with van der Waals surface area (Å²) < 4.78 is 41.1. The van der Waals surface area contributed by atoms with Crippen molar-refractivity contribution in [3.8, 4) is 11.6 Å². The van der Waals surface area contributed by atoms with E-state index in [0.29, 0.717) is 30.5 Å². The molecule has 0 radical (unpaired) electrons. The molecule has 3 heterocycles. The molecule has 14 heteroatoms. The van der Waals surface area contributed by atoms with Crippen molar-refractivity contribution < 1.29 is 33.1 Å². The predicted molar refractivity (Wildman–Crippen MR) is 203 cm³/mol. The van der Waals surface area contributed by atoms with Crippen LogP contribution in [0.2, 0.25) is 5.02 Å². The number of aromatic nitrogens is 2. The lowest BCUT2D eigenvalue weighted by atomic mass is 9.68. The molecule has 1 saturated carbocycles. The van der Waals surface area contributed by atoms with Gasteiger partial charge in [-0.1, -0.05) is 36.7 Å². The summed E-state index contributed by atoms with van der Waals surface area (Å²) in [6.45, 7) is 5.15. The van der Waals surface area contributed by atoms with Gasteiger partial charge in [0, 0.05) is 55.4 Å².